The summed E-state index contributed by atoms with van der Waals surface area (Å²) in [4.78, 5) is 27.1. The number of amides is 2. The molecule has 1 unspecified atom stereocenters. The molecule has 9 heteroatoms. The number of carbonyl (C=O) groups excluding carboxylic acids is 2. The van der Waals surface area contributed by atoms with Crippen LogP contribution in [0, 0.1) is 22.6 Å². The normalized spacial score (nSPS) is 14.9. The molecule has 0 saturated heterocycles. The van der Waals surface area contributed by atoms with E-state index in [0.29, 0.717) is 36.9 Å². The molecule has 1 heterocycles. The molecule has 1 aliphatic rings. The number of unbranched alkanes of at least 4 members (excludes halogenated alkanes) is 2. The molecule has 2 N–H and O–H groups in total. The molecular weight excluding hydrogens is 485 g/mol. The SMILES string of the molecule is COc1cccc(C2(NC(=O)C(NC(=O)c3nn(CCCCC#N)c4c(F)cccc34)C(C)(C)C)CC2)c1. The number of benzene rings is 2. The Morgan fingerprint density at radius 3 is 2.61 bits per heavy atom. The van der Waals surface area contributed by atoms with E-state index in [2.05, 4.69) is 21.8 Å². The Hall–Kier alpha value is -3.93. The van der Waals surface area contributed by atoms with Crippen LogP contribution < -0.4 is 15.4 Å². The van der Waals surface area contributed by atoms with E-state index in [-0.39, 0.29) is 17.1 Å². The lowest BCUT2D eigenvalue weighted by molar-refractivity contribution is -0.126. The van der Waals surface area contributed by atoms with Crippen LogP contribution in [0.3, 0.4) is 0 Å². The van der Waals surface area contributed by atoms with Crippen LogP contribution in [0.15, 0.2) is 42.5 Å². The van der Waals surface area contributed by atoms with Gasteiger partial charge in [0.2, 0.25) is 5.91 Å². The van der Waals surface area contributed by atoms with Crippen LogP contribution in [-0.4, -0.2) is 34.7 Å². The molecule has 0 aliphatic heterocycles. The van der Waals surface area contributed by atoms with Gasteiger partial charge in [0.15, 0.2) is 5.69 Å². The summed E-state index contributed by atoms with van der Waals surface area (Å²) in [6.45, 7) is 6.02. The number of hydrogen-bond donors (Lipinski definition) is 2. The summed E-state index contributed by atoms with van der Waals surface area (Å²) >= 11 is 0. The van der Waals surface area contributed by atoms with Gasteiger partial charge in [-0.1, -0.05) is 45.0 Å². The fraction of sp³-hybridized carbons (Fsp3) is 0.448. The first-order valence-electron chi connectivity index (χ1n) is 12.9. The van der Waals surface area contributed by atoms with Crippen molar-refractivity contribution < 1.29 is 18.7 Å². The van der Waals surface area contributed by atoms with Crippen LogP contribution in [-0.2, 0) is 16.9 Å². The summed E-state index contributed by atoms with van der Waals surface area (Å²) in [5, 5.41) is 19.7. The molecule has 8 nitrogen and oxygen atoms in total. The van der Waals surface area contributed by atoms with Crippen molar-refractivity contribution in [2.24, 2.45) is 5.41 Å². The summed E-state index contributed by atoms with van der Waals surface area (Å²) in [7, 11) is 1.60. The maximum absolute atomic E-state index is 14.8. The smallest absolute Gasteiger partial charge is 0.273 e. The minimum atomic E-state index is -0.859. The summed E-state index contributed by atoms with van der Waals surface area (Å²) < 4.78 is 21.6. The van der Waals surface area contributed by atoms with Gasteiger partial charge >= 0.3 is 0 Å². The van der Waals surface area contributed by atoms with Crippen LogP contribution in [0.25, 0.3) is 10.9 Å². The van der Waals surface area contributed by atoms with Crippen molar-refractivity contribution >= 4 is 22.7 Å². The van der Waals surface area contributed by atoms with Gasteiger partial charge in [-0.2, -0.15) is 10.4 Å². The van der Waals surface area contributed by atoms with Crippen molar-refractivity contribution in [1.82, 2.24) is 20.4 Å². The number of para-hydroxylation sites is 1. The van der Waals surface area contributed by atoms with Gasteiger partial charge < -0.3 is 15.4 Å². The van der Waals surface area contributed by atoms with Gasteiger partial charge in [-0.05, 0) is 54.9 Å². The Kier molecular flexibility index (Phi) is 7.72. The standard InChI is InChI=1S/C29H34FN5O3/c1-28(2,3)25(27(37)33-29(14-15-29)19-10-8-11-20(18-19)38-4)32-26(36)23-21-12-9-13-22(30)24(21)35(34-23)17-7-5-6-16-31/h8-13,18,25H,5-7,14-15,17H2,1-4H3,(H,32,36)(H,33,37). The van der Waals surface area contributed by atoms with Crippen LogP contribution in [0.2, 0.25) is 0 Å². The van der Waals surface area contributed by atoms with Gasteiger partial charge in [0.1, 0.15) is 23.1 Å². The molecule has 1 aliphatic carbocycles. The molecule has 0 spiro atoms. The van der Waals surface area contributed by atoms with E-state index in [1.165, 1.54) is 16.8 Å². The first-order valence-corrected chi connectivity index (χ1v) is 12.9. The highest BCUT2D eigenvalue weighted by molar-refractivity contribution is 6.06. The highest BCUT2D eigenvalue weighted by Gasteiger charge is 2.48. The van der Waals surface area contributed by atoms with Crippen LogP contribution in [0.1, 0.15) is 68.9 Å². The van der Waals surface area contributed by atoms with Crippen LogP contribution in [0.5, 0.6) is 5.75 Å². The Morgan fingerprint density at radius 1 is 1.21 bits per heavy atom. The Bertz CT molecular complexity index is 1380. The van der Waals surface area contributed by atoms with Crippen molar-refractivity contribution in [1.29, 1.82) is 5.26 Å². The van der Waals surface area contributed by atoms with Crippen molar-refractivity contribution in [2.45, 2.75) is 71.0 Å². The zero-order chi connectivity index (χ0) is 27.5. The van der Waals surface area contributed by atoms with E-state index in [9.17, 15) is 14.0 Å². The third-order valence-electron chi connectivity index (χ3n) is 6.98. The van der Waals surface area contributed by atoms with E-state index >= 15 is 0 Å². The number of ether oxygens (including phenoxy) is 1. The fourth-order valence-electron chi connectivity index (χ4n) is 4.70. The molecule has 1 saturated carbocycles. The predicted molar refractivity (Wildman–Crippen MR) is 142 cm³/mol. The number of methoxy groups -OCH3 is 1. The number of hydrogen-bond acceptors (Lipinski definition) is 5. The lowest BCUT2D eigenvalue weighted by atomic mass is 9.85. The molecule has 1 fully saturated rings. The van der Waals surface area contributed by atoms with Crippen molar-refractivity contribution in [2.75, 3.05) is 7.11 Å². The first-order chi connectivity index (χ1) is 18.1. The quantitative estimate of drug-likeness (QED) is 0.373. The zero-order valence-electron chi connectivity index (χ0n) is 22.3. The number of halogens is 1. The summed E-state index contributed by atoms with van der Waals surface area (Å²) in [6, 6.07) is 13.4. The van der Waals surface area contributed by atoms with Crippen molar-refractivity contribution in [3.63, 3.8) is 0 Å². The number of nitrogens with one attached hydrogen (secondary N) is 2. The second-order valence-corrected chi connectivity index (χ2v) is 10.9. The van der Waals surface area contributed by atoms with Crippen molar-refractivity contribution in [3.05, 3.63) is 59.5 Å². The molecule has 4 rings (SSSR count). The zero-order valence-corrected chi connectivity index (χ0v) is 22.3. The van der Waals surface area contributed by atoms with Crippen LogP contribution in [0.4, 0.5) is 4.39 Å². The molecule has 200 valence electrons. The Labute approximate surface area is 222 Å². The van der Waals surface area contributed by atoms with E-state index in [0.717, 1.165) is 18.4 Å². The van der Waals surface area contributed by atoms with Crippen molar-refractivity contribution in [3.8, 4) is 11.8 Å². The number of rotatable bonds is 10. The molecule has 1 atom stereocenters. The molecule has 38 heavy (non-hydrogen) atoms. The molecule has 0 radical (unpaired) electrons. The first kappa shape index (κ1) is 27.1. The van der Waals surface area contributed by atoms with E-state index < -0.39 is 28.7 Å². The van der Waals surface area contributed by atoms with Gasteiger partial charge in [-0.3, -0.25) is 14.3 Å². The number of nitriles is 1. The third-order valence-corrected chi connectivity index (χ3v) is 6.98. The largest absolute Gasteiger partial charge is 0.497 e. The highest BCUT2D eigenvalue weighted by atomic mass is 19.1. The summed E-state index contributed by atoms with van der Waals surface area (Å²) in [5.74, 6) is -0.602. The third kappa shape index (κ3) is 5.64. The molecule has 1 aromatic heterocycles. The molecular formula is C29H34FN5O3. The number of fused-ring (bicyclic) bond motifs is 1. The Balaban J connectivity index is 1.58. The summed E-state index contributed by atoms with van der Waals surface area (Å²) in [6.07, 6.45) is 3.25. The maximum atomic E-state index is 14.8. The molecule has 0 bridgehead atoms. The van der Waals surface area contributed by atoms with Gasteiger partial charge in [0.05, 0.1) is 18.7 Å². The second kappa shape index (κ2) is 10.8. The van der Waals surface area contributed by atoms with Gasteiger partial charge in [-0.25, -0.2) is 4.39 Å². The molecule has 2 amide bonds. The van der Waals surface area contributed by atoms with E-state index in [1.54, 1.807) is 13.2 Å². The number of aromatic nitrogens is 2. The van der Waals surface area contributed by atoms with E-state index in [4.69, 9.17) is 10.00 Å². The molecule has 3 aromatic rings. The second-order valence-electron chi connectivity index (χ2n) is 10.9. The lowest BCUT2D eigenvalue weighted by Crippen LogP contribution is -2.55. The topological polar surface area (TPSA) is 109 Å². The number of carbonyl (C=O) groups is 2. The minimum absolute atomic E-state index is 0.0655. The number of nitrogens with zero attached hydrogens (tertiary/aromatic N) is 3. The Morgan fingerprint density at radius 2 is 1.95 bits per heavy atom. The average molecular weight is 520 g/mol. The van der Waals surface area contributed by atoms with Crippen LogP contribution >= 0.6 is 0 Å². The predicted octanol–water partition coefficient (Wildman–Crippen LogP) is 4.83. The number of aryl methyl sites for hydroxylation is 1. The minimum Gasteiger partial charge on any atom is -0.497 e. The summed E-state index contributed by atoms with van der Waals surface area (Å²) in [5.41, 5.74) is 0.157. The highest BCUT2D eigenvalue weighted by Crippen LogP contribution is 2.46. The monoisotopic (exact) mass is 519 g/mol. The maximum Gasteiger partial charge on any atom is 0.273 e. The van der Waals surface area contributed by atoms with Gasteiger partial charge in [0, 0.05) is 18.4 Å². The van der Waals surface area contributed by atoms with Gasteiger partial charge in [0.25, 0.3) is 5.91 Å². The lowest BCUT2D eigenvalue weighted by Gasteiger charge is -2.32. The van der Waals surface area contributed by atoms with E-state index in [1.807, 2.05) is 45.0 Å². The van der Waals surface area contributed by atoms with Gasteiger partial charge in [-0.15, -0.1) is 0 Å². The average Bonchev–Trinajstić information content (AvgIpc) is 3.57. The molecule has 2 aromatic carbocycles. The fourth-order valence-corrected chi connectivity index (χ4v) is 4.70.